The highest BCUT2D eigenvalue weighted by Crippen LogP contribution is 2.23. The van der Waals surface area contributed by atoms with E-state index in [0.717, 1.165) is 6.42 Å². The number of nitrogens with one attached hydrogen (secondary N) is 1. The zero-order valence-electron chi connectivity index (χ0n) is 11.6. The number of hydrogen-bond acceptors (Lipinski definition) is 9. The van der Waals surface area contributed by atoms with E-state index in [1.165, 1.54) is 11.8 Å². The Bertz CT molecular complexity index is 560. The second-order valence-electron chi connectivity index (χ2n) is 3.79. The minimum Gasteiger partial charge on any atom is -0.463 e. The number of ether oxygens (including phenoxy) is 1. The van der Waals surface area contributed by atoms with Crippen LogP contribution in [0.2, 0.25) is 0 Å². The van der Waals surface area contributed by atoms with Crippen LogP contribution in [0.5, 0.6) is 6.01 Å². The van der Waals surface area contributed by atoms with Gasteiger partial charge in [-0.15, -0.1) is 5.10 Å². The molecule has 9 nitrogen and oxygen atoms in total. The average molecular weight is 296 g/mol. The van der Waals surface area contributed by atoms with Crippen molar-refractivity contribution in [2.45, 2.75) is 30.6 Å². The number of anilines is 1. The molecule has 108 valence electrons. The number of hydrogen-bond donors (Lipinski definition) is 1. The van der Waals surface area contributed by atoms with E-state index in [4.69, 9.17) is 4.74 Å². The molecule has 0 saturated carbocycles. The summed E-state index contributed by atoms with van der Waals surface area (Å²) in [5.74, 6) is 0.478. The number of aromatic nitrogens is 7. The standard InChI is InChI=1S/C10H16N8OS/c1-4-6-19-8-12-7(11-5-2)13-9(14-8)20-10-15-16-17-18(10)3/h4-6H2,1-3H3,(H,11,12,13,14). The van der Waals surface area contributed by atoms with E-state index in [9.17, 15) is 0 Å². The van der Waals surface area contributed by atoms with Gasteiger partial charge in [0.1, 0.15) is 0 Å². The first kappa shape index (κ1) is 14.4. The molecule has 2 rings (SSSR count). The van der Waals surface area contributed by atoms with Crippen LogP contribution in [0.1, 0.15) is 20.3 Å². The number of nitrogens with zero attached hydrogens (tertiary/aromatic N) is 7. The van der Waals surface area contributed by atoms with Crippen molar-refractivity contribution < 1.29 is 4.74 Å². The van der Waals surface area contributed by atoms with E-state index in [-0.39, 0.29) is 0 Å². The summed E-state index contributed by atoms with van der Waals surface area (Å²) in [6.07, 6.45) is 0.887. The molecule has 0 aliphatic rings. The summed E-state index contributed by atoms with van der Waals surface area (Å²) in [7, 11) is 1.75. The number of aryl methyl sites for hydroxylation is 1. The third-order valence-corrected chi connectivity index (χ3v) is 3.02. The lowest BCUT2D eigenvalue weighted by molar-refractivity contribution is 0.288. The van der Waals surface area contributed by atoms with Gasteiger partial charge in [0.25, 0.3) is 0 Å². The monoisotopic (exact) mass is 296 g/mol. The van der Waals surface area contributed by atoms with Gasteiger partial charge in [0.05, 0.1) is 6.61 Å². The smallest absolute Gasteiger partial charge is 0.322 e. The largest absolute Gasteiger partial charge is 0.463 e. The van der Waals surface area contributed by atoms with Crippen molar-refractivity contribution in [2.24, 2.45) is 7.05 Å². The van der Waals surface area contributed by atoms with Gasteiger partial charge in [0.15, 0.2) is 0 Å². The fourth-order valence-electron chi connectivity index (χ4n) is 1.27. The minimum atomic E-state index is 0.301. The van der Waals surface area contributed by atoms with E-state index in [0.29, 0.717) is 35.4 Å². The first-order chi connectivity index (χ1) is 9.72. The van der Waals surface area contributed by atoms with E-state index < -0.39 is 0 Å². The van der Waals surface area contributed by atoms with Crippen molar-refractivity contribution in [3.05, 3.63) is 0 Å². The van der Waals surface area contributed by atoms with Gasteiger partial charge in [-0.3, -0.25) is 0 Å². The van der Waals surface area contributed by atoms with Gasteiger partial charge in [0.2, 0.25) is 16.3 Å². The predicted molar refractivity (Wildman–Crippen MR) is 72.7 cm³/mol. The van der Waals surface area contributed by atoms with Crippen LogP contribution in [0, 0.1) is 0 Å². The topological polar surface area (TPSA) is 104 Å². The van der Waals surface area contributed by atoms with Crippen LogP contribution in [0.4, 0.5) is 5.95 Å². The Kier molecular flexibility index (Phi) is 5.04. The van der Waals surface area contributed by atoms with Crippen molar-refractivity contribution in [3.63, 3.8) is 0 Å². The maximum Gasteiger partial charge on any atom is 0.322 e. The normalized spacial score (nSPS) is 10.6. The quantitative estimate of drug-likeness (QED) is 0.793. The summed E-state index contributed by atoms with van der Waals surface area (Å²) in [6, 6.07) is 0.301. The van der Waals surface area contributed by atoms with Crippen molar-refractivity contribution in [2.75, 3.05) is 18.5 Å². The molecule has 2 aromatic rings. The zero-order valence-corrected chi connectivity index (χ0v) is 12.4. The molecule has 20 heavy (non-hydrogen) atoms. The van der Waals surface area contributed by atoms with Gasteiger partial charge in [-0.25, -0.2) is 4.68 Å². The van der Waals surface area contributed by atoms with Crippen LogP contribution in [-0.4, -0.2) is 48.3 Å². The van der Waals surface area contributed by atoms with Crippen LogP contribution in [-0.2, 0) is 7.05 Å². The van der Waals surface area contributed by atoms with E-state index >= 15 is 0 Å². The molecule has 0 bridgehead atoms. The molecule has 0 aliphatic heterocycles. The highest BCUT2D eigenvalue weighted by molar-refractivity contribution is 7.99. The molecule has 0 atom stereocenters. The first-order valence-corrected chi connectivity index (χ1v) is 7.07. The van der Waals surface area contributed by atoms with Crippen molar-refractivity contribution in [1.82, 2.24) is 35.2 Å². The summed E-state index contributed by atoms with van der Waals surface area (Å²) >= 11 is 1.25. The molecule has 2 aromatic heterocycles. The zero-order chi connectivity index (χ0) is 14.4. The summed E-state index contributed by atoms with van der Waals surface area (Å²) in [6.45, 7) is 5.26. The molecule has 0 unspecified atom stereocenters. The summed E-state index contributed by atoms with van der Waals surface area (Å²) in [4.78, 5) is 12.7. The molecular formula is C10H16N8OS. The molecule has 0 amide bonds. The maximum absolute atomic E-state index is 5.46. The average Bonchev–Trinajstić information content (AvgIpc) is 2.82. The predicted octanol–water partition coefficient (Wildman–Crippen LogP) is 0.767. The fourth-order valence-corrected chi connectivity index (χ4v) is 1.93. The van der Waals surface area contributed by atoms with Crippen LogP contribution in [0.15, 0.2) is 10.3 Å². The fraction of sp³-hybridized carbons (Fsp3) is 0.600. The SMILES string of the molecule is CCCOc1nc(NCC)nc(Sc2nnnn2C)n1. The van der Waals surface area contributed by atoms with Crippen molar-refractivity contribution >= 4 is 17.7 Å². The third-order valence-electron chi connectivity index (χ3n) is 2.13. The molecule has 1 N–H and O–H groups in total. The number of tetrazole rings is 1. The Hall–Kier alpha value is -1.97. The minimum absolute atomic E-state index is 0.301. The molecule has 0 spiro atoms. The van der Waals surface area contributed by atoms with Gasteiger partial charge in [-0.05, 0) is 35.5 Å². The molecule has 0 saturated heterocycles. The van der Waals surface area contributed by atoms with Gasteiger partial charge in [-0.2, -0.15) is 15.0 Å². The Morgan fingerprint density at radius 3 is 2.75 bits per heavy atom. The van der Waals surface area contributed by atoms with Gasteiger partial charge in [0, 0.05) is 13.6 Å². The van der Waals surface area contributed by atoms with Crippen LogP contribution in [0.3, 0.4) is 0 Å². The van der Waals surface area contributed by atoms with Gasteiger partial charge in [-0.1, -0.05) is 6.92 Å². The van der Waals surface area contributed by atoms with Crippen molar-refractivity contribution in [3.8, 4) is 6.01 Å². The maximum atomic E-state index is 5.46. The highest BCUT2D eigenvalue weighted by Gasteiger charge is 2.12. The molecule has 0 fully saturated rings. The summed E-state index contributed by atoms with van der Waals surface area (Å²) in [5, 5.41) is 15.3. The van der Waals surface area contributed by atoms with Gasteiger partial charge < -0.3 is 10.1 Å². The Morgan fingerprint density at radius 1 is 1.25 bits per heavy atom. The summed E-state index contributed by atoms with van der Waals surface area (Å²) < 4.78 is 7.01. The highest BCUT2D eigenvalue weighted by atomic mass is 32.2. The summed E-state index contributed by atoms with van der Waals surface area (Å²) in [5.41, 5.74) is 0. The molecule has 2 heterocycles. The lowest BCUT2D eigenvalue weighted by atomic mass is 10.5. The first-order valence-electron chi connectivity index (χ1n) is 6.25. The van der Waals surface area contributed by atoms with E-state index in [2.05, 4.69) is 35.8 Å². The molecule has 0 aromatic carbocycles. The van der Waals surface area contributed by atoms with Crippen molar-refractivity contribution in [1.29, 1.82) is 0 Å². The second kappa shape index (κ2) is 6.98. The van der Waals surface area contributed by atoms with E-state index in [1.54, 1.807) is 11.7 Å². The Morgan fingerprint density at radius 2 is 2.10 bits per heavy atom. The molecule has 0 radical (unpaired) electrons. The molecule has 10 heteroatoms. The Balaban J connectivity index is 2.21. The van der Waals surface area contributed by atoms with Crippen LogP contribution in [0.25, 0.3) is 0 Å². The second-order valence-corrected chi connectivity index (χ2v) is 4.72. The lowest BCUT2D eigenvalue weighted by Gasteiger charge is -2.07. The van der Waals surface area contributed by atoms with Crippen LogP contribution < -0.4 is 10.1 Å². The third kappa shape index (κ3) is 3.76. The Labute approximate surface area is 120 Å². The lowest BCUT2D eigenvalue weighted by Crippen LogP contribution is -2.08. The van der Waals surface area contributed by atoms with Gasteiger partial charge >= 0.3 is 6.01 Å². The molecule has 0 aliphatic carbocycles. The molecular weight excluding hydrogens is 280 g/mol. The van der Waals surface area contributed by atoms with E-state index in [1.807, 2.05) is 13.8 Å². The number of rotatable bonds is 7. The van der Waals surface area contributed by atoms with Crippen LogP contribution >= 0.6 is 11.8 Å².